The third-order valence-electron chi connectivity index (χ3n) is 2.09. The number of carboxylic acids is 1. The van der Waals surface area contributed by atoms with Crippen molar-refractivity contribution < 1.29 is 9.90 Å². The first-order valence-electron chi connectivity index (χ1n) is 3.84. The van der Waals surface area contributed by atoms with Gasteiger partial charge < -0.3 is 10.8 Å². The highest BCUT2D eigenvalue weighted by atomic mass is 16.4. The van der Waals surface area contributed by atoms with Crippen molar-refractivity contribution in [2.24, 2.45) is 5.73 Å². The summed E-state index contributed by atoms with van der Waals surface area (Å²) in [4.78, 5) is 10.6. The second kappa shape index (κ2) is 2.79. The molecule has 0 saturated carbocycles. The quantitative estimate of drug-likeness (QED) is 0.497. The summed E-state index contributed by atoms with van der Waals surface area (Å²) in [5, 5.41) is 11.6. The topological polar surface area (TPSA) is 75.4 Å². The number of nitrogens with one attached hydrogen (secondary N) is 1. The third kappa shape index (κ3) is 1.70. The van der Waals surface area contributed by atoms with Gasteiger partial charge in [-0.05, 0) is 26.2 Å². The molecule has 1 aliphatic heterocycles. The van der Waals surface area contributed by atoms with Gasteiger partial charge in [0.15, 0.2) is 5.66 Å². The summed E-state index contributed by atoms with van der Waals surface area (Å²) in [6.07, 6.45) is 2.41. The molecule has 1 saturated heterocycles. The van der Waals surface area contributed by atoms with Crippen LogP contribution in [0.5, 0.6) is 0 Å². The molecule has 0 aliphatic carbocycles. The van der Waals surface area contributed by atoms with Gasteiger partial charge in [0, 0.05) is 6.04 Å². The predicted octanol–water partition coefficient (Wildman–Crippen LogP) is -0.112. The number of aliphatic carboxylic acids is 1. The van der Waals surface area contributed by atoms with Gasteiger partial charge in [0.2, 0.25) is 0 Å². The van der Waals surface area contributed by atoms with Gasteiger partial charge in [-0.25, -0.2) is 4.79 Å². The number of nitrogens with two attached hydrogens (primary N) is 1. The molecule has 64 valence electrons. The molecule has 0 radical (unpaired) electrons. The maximum atomic E-state index is 10.6. The van der Waals surface area contributed by atoms with Gasteiger partial charge in [0.1, 0.15) is 0 Å². The molecule has 0 aromatic carbocycles. The molecule has 1 heterocycles. The molecule has 4 heteroatoms. The average molecular weight is 158 g/mol. The molecule has 0 spiro atoms. The summed E-state index contributed by atoms with van der Waals surface area (Å²) in [7, 11) is 0. The van der Waals surface area contributed by atoms with Crippen molar-refractivity contribution >= 4 is 5.97 Å². The van der Waals surface area contributed by atoms with Crippen molar-refractivity contribution in [3.63, 3.8) is 0 Å². The van der Waals surface area contributed by atoms with E-state index in [-0.39, 0.29) is 6.04 Å². The molecule has 1 fully saturated rings. The van der Waals surface area contributed by atoms with Crippen LogP contribution in [0, 0.1) is 0 Å². The summed E-state index contributed by atoms with van der Waals surface area (Å²) < 4.78 is 0. The molecule has 0 aromatic rings. The minimum Gasteiger partial charge on any atom is -0.479 e. The fourth-order valence-corrected chi connectivity index (χ4v) is 1.44. The van der Waals surface area contributed by atoms with E-state index >= 15 is 0 Å². The molecule has 4 nitrogen and oxygen atoms in total. The number of hydrogen-bond donors (Lipinski definition) is 3. The summed E-state index contributed by atoms with van der Waals surface area (Å²) in [5.74, 6) is -0.955. The van der Waals surface area contributed by atoms with Crippen LogP contribution in [0.15, 0.2) is 0 Å². The molecule has 1 aliphatic rings. The minimum atomic E-state index is -1.18. The lowest BCUT2D eigenvalue weighted by Crippen LogP contribution is -2.64. The zero-order valence-corrected chi connectivity index (χ0v) is 6.63. The third-order valence-corrected chi connectivity index (χ3v) is 2.09. The Bertz CT molecular complexity index is 172. The maximum absolute atomic E-state index is 10.6. The highest BCUT2D eigenvalue weighted by Crippen LogP contribution is 2.17. The van der Waals surface area contributed by atoms with Crippen LogP contribution in [0.2, 0.25) is 0 Å². The maximum Gasteiger partial charge on any atom is 0.338 e. The van der Waals surface area contributed by atoms with Crippen LogP contribution in [0.3, 0.4) is 0 Å². The second-order valence-corrected chi connectivity index (χ2v) is 3.21. The normalized spacial score (nSPS) is 38.5. The first-order chi connectivity index (χ1) is 5.04. The van der Waals surface area contributed by atoms with Gasteiger partial charge in [-0.1, -0.05) is 0 Å². The van der Waals surface area contributed by atoms with E-state index in [1.165, 1.54) is 0 Å². The second-order valence-electron chi connectivity index (χ2n) is 3.21. The van der Waals surface area contributed by atoms with E-state index in [2.05, 4.69) is 5.32 Å². The van der Waals surface area contributed by atoms with Gasteiger partial charge in [-0.15, -0.1) is 0 Å². The van der Waals surface area contributed by atoms with Gasteiger partial charge >= 0.3 is 5.97 Å². The first kappa shape index (κ1) is 8.49. The molecular formula is C7H14N2O2. The van der Waals surface area contributed by atoms with Crippen LogP contribution in [0.25, 0.3) is 0 Å². The average Bonchev–Trinajstić information content (AvgIpc) is 1.86. The van der Waals surface area contributed by atoms with Crippen LogP contribution >= 0.6 is 0 Å². The fourth-order valence-electron chi connectivity index (χ4n) is 1.44. The van der Waals surface area contributed by atoms with Crippen molar-refractivity contribution in [3.05, 3.63) is 0 Å². The van der Waals surface area contributed by atoms with Crippen LogP contribution < -0.4 is 11.1 Å². The minimum absolute atomic E-state index is 0.213. The molecule has 0 bridgehead atoms. The Hall–Kier alpha value is -0.610. The van der Waals surface area contributed by atoms with E-state index in [1.54, 1.807) is 0 Å². The molecular weight excluding hydrogens is 144 g/mol. The number of piperidine rings is 1. The SMILES string of the molecule is C[C@@H]1CCC[C@](N)(C(=O)O)N1. The summed E-state index contributed by atoms with van der Waals surface area (Å²) >= 11 is 0. The lowest BCUT2D eigenvalue weighted by atomic mass is 9.95. The Labute approximate surface area is 65.8 Å². The summed E-state index contributed by atoms with van der Waals surface area (Å²) in [5.41, 5.74) is 4.40. The van der Waals surface area contributed by atoms with Crippen molar-refractivity contribution in [1.82, 2.24) is 5.32 Å². The largest absolute Gasteiger partial charge is 0.479 e. The van der Waals surface area contributed by atoms with E-state index in [4.69, 9.17) is 10.8 Å². The highest BCUT2D eigenvalue weighted by molar-refractivity contribution is 5.78. The Morgan fingerprint density at radius 3 is 2.82 bits per heavy atom. The number of hydrogen-bond acceptors (Lipinski definition) is 3. The van der Waals surface area contributed by atoms with Crippen LogP contribution in [0.1, 0.15) is 26.2 Å². The van der Waals surface area contributed by atoms with Crippen molar-refractivity contribution in [1.29, 1.82) is 0 Å². The highest BCUT2D eigenvalue weighted by Gasteiger charge is 2.37. The van der Waals surface area contributed by atoms with E-state index in [1.807, 2.05) is 6.92 Å². The zero-order chi connectivity index (χ0) is 8.48. The Balaban J connectivity index is 2.63. The molecule has 0 aromatic heterocycles. The number of rotatable bonds is 1. The number of carbonyl (C=O) groups is 1. The standard InChI is InChI=1S/C7H14N2O2/c1-5-3-2-4-7(8,9-5)6(10)11/h5,9H,2-4,8H2,1H3,(H,10,11)/t5-,7-/m1/s1. The van der Waals surface area contributed by atoms with Gasteiger partial charge in [-0.3, -0.25) is 5.32 Å². The van der Waals surface area contributed by atoms with Crippen LogP contribution in [-0.4, -0.2) is 22.8 Å². The Morgan fingerprint density at radius 1 is 1.82 bits per heavy atom. The van der Waals surface area contributed by atoms with Gasteiger partial charge in [-0.2, -0.15) is 0 Å². The van der Waals surface area contributed by atoms with E-state index in [9.17, 15) is 4.79 Å². The van der Waals surface area contributed by atoms with Crippen molar-refractivity contribution in [3.8, 4) is 0 Å². The first-order valence-corrected chi connectivity index (χ1v) is 3.84. The van der Waals surface area contributed by atoms with E-state index in [0.29, 0.717) is 6.42 Å². The Kier molecular flexibility index (Phi) is 2.15. The van der Waals surface area contributed by atoms with Crippen molar-refractivity contribution in [2.75, 3.05) is 0 Å². The van der Waals surface area contributed by atoms with Gasteiger partial charge in [0.25, 0.3) is 0 Å². The molecule has 4 N–H and O–H groups in total. The number of carboxylic acid groups (broad SMARTS) is 1. The summed E-state index contributed by atoms with van der Waals surface area (Å²) in [6, 6.07) is 0.213. The fraction of sp³-hybridized carbons (Fsp3) is 0.857. The molecule has 11 heavy (non-hydrogen) atoms. The zero-order valence-electron chi connectivity index (χ0n) is 6.63. The predicted molar refractivity (Wildman–Crippen MR) is 41.0 cm³/mol. The van der Waals surface area contributed by atoms with Gasteiger partial charge in [0.05, 0.1) is 0 Å². The smallest absolute Gasteiger partial charge is 0.338 e. The van der Waals surface area contributed by atoms with E-state index in [0.717, 1.165) is 12.8 Å². The lowest BCUT2D eigenvalue weighted by molar-refractivity contribution is -0.146. The molecule has 0 unspecified atom stereocenters. The van der Waals surface area contributed by atoms with E-state index < -0.39 is 11.6 Å². The molecule has 1 rings (SSSR count). The van der Waals surface area contributed by atoms with Crippen LogP contribution in [-0.2, 0) is 4.79 Å². The monoisotopic (exact) mass is 158 g/mol. The molecule has 0 amide bonds. The van der Waals surface area contributed by atoms with Crippen molar-refractivity contribution in [2.45, 2.75) is 37.9 Å². The Morgan fingerprint density at radius 2 is 2.45 bits per heavy atom. The van der Waals surface area contributed by atoms with Crippen LogP contribution in [0.4, 0.5) is 0 Å². The lowest BCUT2D eigenvalue weighted by Gasteiger charge is -2.34. The molecule has 2 atom stereocenters. The summed E-state index contributed by atoms with van der Waals surface area (Å²) in [6.45, 7) is 1.95.